The van der Waals surface area contributed by atoms with Crippen molar-refractivity contribution in [3.05, 3.63) is 64.3 Å². The molecule has 0 aliphatic rings. The Labute approximate surface area is 147 Å². The number of aromatic amines is 1. The van der Waals surface area contributed by atoms with Crippen LogP contribution in [0.1, 0.15) is 22.8 Å². The smallest absolute Gasteiger partial charge is 0.271 e. The van der Waals surface area contributed by atoms with Gasteiger partial charge in [-0.2, -0.15) is 5.10 Å². The van der Waals surface area contributed by atoms with Crippen molar-refractivity contribution < 1.29 is 9.53 Å². The zero-order chi connectivity index (χ0) is 16.9. The summed E-state index contributed by atoms with van der Waals surface area (Å²) in [5.74, 6) is 0.470. The van der Waals surface area contributed by atoms with Crippen LogP contribution in [0.3, 0.4) is 0 Å². The molecule has 6 heteroatoms. The van der Waals surface area contributed by atoms with Crippen LogP contribution in [0.25, 0.3) is 10.9 Å². The van der Waals surface area contributed by atoms with Crippen LogP contribution in [0.4, 0.5) is 0 Å². The maximum Gasteiger partial charge on any atom is 0.271 e. The first-order valence-electron chi connectivity index (χ1n) is 7.50. The fourth-order valence-electron chi connectivity index (χ4n) is 2.32. The molecule has 1 heterocycles. The van der Waals surface area contributed by atoms with Gasteiger partial charge >= 0.3 is 0 Å². The number of carbonyl (C=O) groups is 1. The lowest BCUT2D eigenvalue weighted by molar-refractivity contribution is 0.0955. The third kappa shape index (κ3) is 3.65. The Morgan fingerprint density at radius 2 is 2.08 bits per heavy atom. The van der Waals surface area contributed by atoms with Gasteiger partial charge in [-0.05, 0) is 49.4 Å². The largest absolute Gasteiger partial charge is 0.494 e. The number of fused-ring (bicyclic) bond motifs is 1. The van der Waals surface area contributed by atoms with Gasteiger partial charge in [0.1, 0.15) is 5.75 Å². The minimum Gasteiger partial charge on any atom is -0.494 e. The molecule has 0 saturated heterocycles. The summed E-state index contributed by atoms with van der Waals surface area (Å²) in [5.41, 5.74) is 4.97. The van der Waals surface area contributed by atoms with Crippen molar-refractivity contribution in [3.8, 4) is 5.75 Å². The Balaban J connectivity index is 1.68. The van der Waals surface area contributed by atoms with E-state index >= 15 is 0 Å². The van der Waals surface area contributed by atoms with Gasteiger partial charge < -0.3 is 9.72 Å². The number of nitrogens with one attached hydrogen (secondary N) is 2. The van der Waals surface area contributed by atoms with Crippen molar-refractivity contribution in [2.45, 2.75) is 6.92 Å². The highest BCUT2D eigenvalue weighted by atomic mass is 79.9. The Morgan fingerprint density at radius 3 is 2.83 bits per heavy atom. The van der Waals surface area contributed by atoms with Crippen LogP contribution >= 0.6 is 15.9 Å². The van der Waals surface area contributed by atoms with Gasteiger partial charge in [0, 0.05) is 32.7 Å². The molecule has 1 aromatic heterocycles. The molecule has 0 fully saturated rings. The van der Waals surface area contributed by atoms with Gasteiger partial charge in [-0.15, -0.1) is 0 Å². The SMILES string of the molecule is CCOc1ccc(C(=O)N/N=C\c2c[nH]c3ccc(Br)cc23)cc1. The lowest BCUT2D eigenvalue weighted by Crippen LogP contribution is -2.17. The number of hydrogen-bond donors (Lipinski definition) is 2. The lowest BCUT2D eigenvalue weighted by atomic mass is 10.2. The molecule has 122 valence electrons. The average molecular weight is 386 g/mol. The zero-order valence-electron chi connectivity index (χ0n) is 13.0. The van der Waals surface area contributed by atoms with E-state index in [1.807, 2.05) is 31.3 Å². The molecule has 3 aromatic rings. The number of hydrogen-bond acceptors (Lipinski definition) is 3. The van der Waals surface area contributed by atoms with E-state index in [0.29, 0.717) is 12.2 Å². The highest BCUT2D eigenvalue weighted by molar-refractivity contribution is 9.10. The molecule has 2 N–H and O–H groups in total. The molecule has 0 bridgehead atoms. The minimum atomic E-state index is -0.268. The summed E-state index contributed by atoms with van der Waals surface area (Å²) in [6, 6.07) is 12.9. The second kappa shape index (κ2) is 7.31. The van der Waals surface area contributed by atoms with Crippen molar-refractivity contribution >= 4 is 39.0 Å². The van der Waals surface area contributed by atoms with Crippen LogP contribution in [-0.2, 0) is 0 Å². The standard InChI is InChI=1S/C18H16BrN3O2/c1-2-24-15-6-3-12(4-7-15)18(23)22-21-11-13-10-20-17-8-5-14(19)9-16(13)17/h3-11,20H,2H2,1H3,(H,22,23)/b21-11-. The predicted octanol–water partition coefficient (Wildman–Crippen LogP) is 4.09. The maximum absolute atomic E-state index is 12.1. The molecule has 3 rings (SSSR count). The van der Waals surface area contributed by atoms with Crippen molar-refractivity contribution in [3.63, 3.8) is 0 Å². The van der Waals surface area contributed by atoms with E-state index in [2.05, 4.69) is 31.4 Å². The number of H-pyrrole nitrogens is 1. The molecule has 2 aromatic carbocycles. The molecule has 0 radical (unpaired) electrons. The molecule has 5 nitrogen and oxygen atoms in total. The highest BCUT2D eigenvalue weighted by Gasteiger charge is 2.05. The van der Waals surface area contributed by atoms with E-state index in [0.717, 1.165) is 26.7 Å². The number of aromatic nitrogens is 1. The maximum atomic E-state index is 12.1. The lowest BCUT2D eigenvalue weighted by Gasteiger charge is -2.03. The van der Waals surface area contributed by atoms with Crippen LogP contribution in [0.5, 0.6) is 5.75 Å². The van der Waals surface area contributed by atoms with Crippen LogP contribution in [0.2, 0.25) is 0 Å². The topological polar surface area (TPSA) is 66.5 Å². The van der Waals surface area contributed by atoms with Gasteiger partial charge in [0.25, 0.3) is 5.91 Å². The van der Waals surface area contributed by atoms with Crippen molar-refractivity contribution in [2.24, 2.45) is 5.10 Å². The number of carbonyl (C=O) groups excluding carboxylic acids is 1. The second-order valence-corrected chi connectivity index (χ2v) is 6.01. The number of benzene rings is 2. The molecule has 0 atom stereocenters. The monoisotopic (exact) mass is 385 g/mol. The van der Waals surface area contributed by atoms with Crippen LogP contribution in [-0.4, -0.2) is 23.7 Å². The van der Waals surface area contributed by atoms with E-state index in [1.54, 1.807) is 30.5 Å². The van der Waals surface area contributed by atoms with E-state index in [-0.39, 0.29) is 5.91 Å². The first kappa shape index (κ1) is 16.3. The zero-order valence-corrected chi connectivity index (χ0v) is 14.6. The summed E-state index contributed by atoms with van der Waals surface area (Å²) >= 11 is 3.45. The number of amides is 1. The van der Waals surface area contributed by atoms with Gasteiger partial charge in [-0.3, -0.25) is 4.79 Å². The molecule has 0 aliphatic heterocycles. The minimum absolute atomic E-state index is 0.268. The summed E-state index contributed by atoms with van der Waals surface area (Å²) < 4.78 is 6.34. The summed E-state index contributed by atoms with van der Waals surface area (Å²) in [6.45, 7) is 2.51. The Morgan fingerprint density at radius 1 is 1.29 bits per heavy atom. The first-order valence-corrected chi connectivity index (χ1v) is 8.29. The fourth-order valence-corrected chi connectivity index (χ4v) is 2.68. The van der Waals surface area contributed by atoms with E-state index < -0.39 is 0 Å². The summed E-state index contributed by atoms with van der Waals surface area (Å²) in [6.07, 6.45) is 3.47. The number of ether oxygens (including phenoxy) is 1. The normalized spacial score (nSPS) is 11.1. The summed E-state index contributed by atoms with van der Waals surface area (Å²) in [7, 11) is 0. The summed E-state index contributed by atoms with van der Waals surface area (Å²) in [4.78, 5) is 15.2. The molecular formula is C18H16BrN3O2. The third-order valence-electron chi connectivity index (χ3n) is 3.47. The molecule has 24 heavy (non-hydrogen) atoms. The predicted molar refractivity (Wildman–Crippen MR) is 98.7 cm³/mol. The quantitative estimate of drug-likeness (QED) is 0.512. The number of nitrogens with zero attached hydrogens (tertiary/aromatic N) is 1. The first-order chi connectivity index (χ1) is 11.7. The molecule has 0 spiro atoms. The second-order valence-electron chi connectivity index (χ2n) is 5.09. The average Bonchev–Trinajstić information content (AvgIpc) is 2.98. The highest BCUT2D eigenvalue weighted by Crippen LogP contribution is 2.21. The third-order valence-corrected chi connectivity index (χ3v) is 3.97. The van der Waals surface area contributed by atoms with Gasteiger partial charge in [0.15, 0.2) is 0 Å². The van der Waals surface area contributed by atoms with Crippen molar-refractivity contribution in [1.82, 2.24) is 10.4 Å². The molecule has 0 aliphatic carbocycles. The molecular weight excluding hydrogens is 370 g/mol. The fraction of sp³-hybridized carbons (Fsp3) is 0.111. The van der Waals surface area contributed by atoms with Crippen LogP contribution in [0.15, 0.2) is 58.2 Å². The van der Waals surface area contributed by atoms with Gasteiger partial charge in [0.2, 0.25) is 0 Å². The van der Waals surface area contributed by atoms with Crippen LogP contribution in [0, 0.1) is 0 Å². The van der Waals surface area contributed by atoms with Crippen molar-refractivity contribution in [1.29, 1.82) is 0 Å². The Bertz CT molecular complexity index is 885. The summed E-state index contributed by atoms with van der Waals surface area (Å²) in [5, 5.41) is 5.07. The van der Waals surface area contributed by atoms with Crippen molar-refractivity contribution in [2.75, 3.05) is 6.61 Å². The van der Waals surface area contributed by atoms with E-state index in [4.69, 9.17) is 4.74 Å². The van der Waals surface area contributed by atoms with Gasteiger partial charge in [-0.25, -0.2) is 5.43 Å². The Kier molecular flexibility index (Phi) is 4.96. The van der Waals surface area contributed by atoms with Gasteiger partial charge in [-0.1, -0.05) is 15.9 Å². The van der Waals surface area contributed by atoms with E-state index in [1.165, 1.54) is 0 Å². The van der Waals surface area contributed by atoms with Gasteiger partial charge in [0.05, 0.1) is 12.8 Å². The van der Waals surface area contributed by atoms with Crippen LogP contribution < -0.4 is 10.2 Å². The molecule has 0 unspecified atom stereocenters. The number of rotatable bonds is 5. The number of halogens is 1. The molecule has 0 saturated carbocycles. The van der Waals surface area contributed by atoms with E-state index in [9.17, 15) is 4.79 Å². The molecule has 1 amide bonds. The number of hydrazone groups is 1. The Hall–Kier alpha value is -2.60.